The first-order valence-electron chi connectivity index (χ1n) is 4.26. The number of likely N-dealkylation sites (N-methyl/N-ethyl adjacent to an activating group) is 1. The van der Waals surface area contributed by atoms with Crippen molar-refractivity contribution in [3.05, 3.63) is 12.4 Å². The SMILES string of the molecule is CN1C=CNC1C1CCCN1. The Bertz CT molecular complexity index is 161. The molecule has 2 unspecified atom stereocenters. The maximum atomic E-state index is 3.48. The van der Waals surface area contributed by atoms with E-state index < -0.39 is 0 Å². The first-order valence-corrected chi connectivity index (χ1v) is 4.26. The van der Waals surface area contributed by atoms with Crippen LogP contribution < -0.4 is 10.6 Å². The Morgan fingerprint density at radius 2 is 2.45 bits per heavy atom. The zero-order chi connectivity index (χ0) is 7.68. The summed E-state index contributed by atoms with van der Waals surface area (Å²) in [5.74, 6) is 0. The second-order valence-corrected chi connectivity index (χ2v) is 3.30. The molecular weight excluding hydrogens is 138 g/mol. The van der Waals surface area contributed by atoms with E-state index in [1.807, 2.05) is 6.20 Å². The summed E-state index contributed by atoms with van der Waals surface area (Å²) in [4.78, 5) is 2.23. The largest absolute Gasteiger partial charge is 0.369 e. The highest BCUT2D eigenvalue weighted by Gasteiger charge is 2.27. The van der Waals surface area contributed by atoms with E-state index in [4.69, 9.17) is 0 Å². The average molecular weight is 153 g/mol. The molecule has 2 N–H and O–H groups in total. The van der Waals surface area contributed by atoms with E-state index in [1.54, 1.807) is 0 Å². The minimum Gasteiger partial charge on any atom is -0.369 e. The van der Waals surface area contributed by atoms with Gasteiger partial charge in [0.15, 0.2) is 0 Å². The second kappa shape index (κ2) is 2.74. The van der Waals surface area contributed by atoms with Crippen LogP contribution in [0.2, 0.25) is 0 Å². The molecule has 11 heavy (non-hydrogen) atoms. The van der Waals surface area contributed by atoms with Gasteiger partial charge in [-0.15, -0.1) is 0 Å². The number of nitrogens with zero attached hydrogens (tertiary/aromatic N) is 1. The lowest BCUT2D eigenvalue weighted by Gasteiger charge is -2.26. The van der Waals surface area contributed by atoms with Crippen LogP contribution in [-0.4, -0.2) is 30.7 Å². The lowest BCUT2D eigenvalue weighted by atomic mass is 10.2. The Hall–Kier alpha value is -0.700. The summed E-state index contributed by atoms with van der Waals surface area (Å²) in [7, 11) is 2.11. The van der Waals surface area contributed by atoms with Crippen LogP contribution in [0.1, 0.15) is 12.8 Å². The molecule has 0 aliphatic carbocycles. The van der Waals surface area contributed by atoms with Gasteiger partial charge in [-0.3, -0.25) is 0 Å². The fourth-order valence-corrected chi connectivity index (χ4v) is 1.85. The predicted molar refractivity (Wildman–Crippen MR) is 44.9 cm³/mol. The van der Waals surface area contributed by atoms with E-state index >= 15 is 0 Å². The fraction of sp³-hybridized carbons (Fsp3) is 0.750. The van der Waals surface area contributed by atoms with Crippen molar-refractivity contribution in [3.8, 4) is 0 Å². The molecule has 2 aliphatic heterocycles. The molecule has 1 saturated heterocycles. The van der Waals surface area contributed by atoms with Gasteiger partial charge in [0, 0.05) is 25.5 Å². The van der Waals surface area contributed by atoms with Crippen molar-refractivity contribution in [2.75, 3.05) is 13.6 Å². The predicted octanol–water partition coefficient (Wildman–Crippen LogP) is 0.0707. The molecule has 2 atom stereocenters. The molecule has 62 valence electrons. The van der Waals surface area contributed by atoms with Gasteiger partial charge in [-0.25, -0.2) is 0 Å². The Morgan fingerprint density at radius 3 is 3.00 bits per heavy atom. The van der Waals surface area contributed by atoms with Gasteiger partial charge in [-0.2, -0.15) is 0 Å². The van der Waals surface area contributed by atoms with Gasteiger partial charge in [0.05, 0.1) is 0 Å². The zero-order valence-corrected chi connectivity index (χ0v) is 6.88. The highest BCUT2D eigenvalue weighted by molar-refractivity contribution is 4.98. The van der Waals surface area contributed by atoms with E-state index in [-0.39, 0.29) is 0 Å². The molecule has 2 heterocycles. The molecule has 0 aromatic rings. The summed E-state index contributed by atoms with van der Waals surface area (Å²) in [6, 6.07) is 0.634. The number of nitrogens with one attached hydrogen (secondary N) is 2. The smallest absolute Gasteiger partial charge is 0.114 e. The monoisotopic (exact) mass is 153 g/mol. The molecule has 0 saturated carbocycles. The lowest BCUT2D eigenvalue weighted by Crippen LogP contribution is -2.47. The van der Waals surface area contributed by atoms with E-state index in [2.05, 4.69) is 28.8 Å². The van der Waals surface area contributed by atoms with Gasteiger partial charge in [0.1, 0.15) is 6.17 Å². The highest BCUT2D eigenvalue weighted by Crippen LogP contribution is 2.14. The highest BCUT2D eigenvalue weighted by atomic mass is 15.3. The molecule has 0 aromatic carbocycles. The topological polar surface area (TPSA) is 27.3 Å². The van der Waals surface area contributed by atoms with Crippen LogP contribution in [0.4, 0.5) is 0 Å². The van der Waals surface area contributed by atoms with Crippen molar-refractivity contribution in [1.82, 2.24) is 15.5 Å². The van der Waals surface area contributed by atoms with Gasteiger partial charge in [-0.1, -0.05) is 0 Å². The van der Waals surface area contributed by atoms with Crippen LogP contribution in [0.25, 0.3) is 0 Å². The average Bonchev–Trinajstić information content (AvgIpc) is 2.55. The van der Waals surface area contributed by atoms with Gasteiger partial charge in [-0.05, 0) is 19.4 Å². The van der Waals surface area contributed by atoms with E-state index in [1.165, 1.54) is 19.4 Å². The quantitative estimate of drug-likeness (QED) is 0.558. The lowest BCUT2D eigenvalue weighted by molar-refractivity contribution is 0.267. The number of hydrogen-bond donors (Lipinski definition) is 2. The van der Waals surface area contributed by atoms with E-state index in [0.717, 1.165) is 0 Å². The third kappa shape index (κ3) is 1.20. The fourth-order valence-electron chi connectivity index (χ4n) is 1.85. The molecule has 3 nitrogen and oxygen atoms in total. The molecule has 0 amide bonds. The van der Waals surface area contributed by atoms with Crippen molar-refractivity contribution in [3.63, 3.8) is 0 Å². The van der Waals surface area contributed by atoms with Gasteiger partial charge in [0.2, 0.25) is 0 Å². The second-order valence-electron chi connectivity index (χ2n) is 3.30. The first kappa shape index (κ1) is 6.98. The van der Waals surface area contributed by atoms with E-state index in [0.29, 0.717) is 12.2 Å². The molecule has 0 spiro atoms. The number of hydrogen-bond acceptors (Lipinski definition) is 3. The molecule has 0 bridgehead atoms. The van der Waals surface area contributed by atoms with Crippen molar-refractivity contribution in [2.45, 2.75) is 25.0 Å². The van der Waals surface area contributed by atoms with Gasteiger partial charge in [0.25, 0.3) is 0 Å². The van der Waals surface area contributed by atoms with Crippen molar-refractivity contribution in [2.24, 2.45) is 0 Å². The Labute approximate surface area is 67.5 Å². The summed E-state index contributed by atoms with van der Waals surface area (Å²) in [5.41, 5.74) is 0. The summed E-state index contributed by atoms with van der Waals surface area (Å²) in [6.45, 7) is 1.18. The van der Waals surface area contributed by atoms with Crippen LogP contribution in [0.3, 0.4) is 0 Å². The van der Waals surface area contributed by atoms with Crippen LogP contribution in [-0.2, 0) is 0 Å². The molecule has 0 radical (unpaired) electrons. The first-order chi connectivity index (χ1) is 5.38. The molecular formula is C8H15N3. The normalized spacial score (nSPS) is 36.3. The van der Waals surface area contributed by atoms with Crippen molar-refractivity contribution >= 4 is 0 Å². The third-order valence-electron chi connectivity index (χ3n) is 2.49. The van der Waals surface area contributed by atoms with Crippen molar-refractivity contribution in [1.29, 1.82) is 0 Å². The molecule has 2 aliphatic rings. The standard InChI is InChI=1S/C8H15N3/c1-11-6-5-10-8(11)7-3-2-4-9-7/h5-10H,2-4H2,1H3. The van der Waals surface area contributed by atoms with Crippen LogP contribution in [0.5, 0.6) is 0 Å². The minimum absolute atomic E-state index is 0.484. The summed E-state index contributed by atoms with van der Waals surface area (Å²) in [5, 5.41) is 6.82. The Morgan fingerprint density at radius 1 is 1.55 bits per heavy atom. The molecule has 2 rings (SSSR count). The number of rotatable bonds is 1. The van der Waals surface area contributed by atoms with Crippen LogP contribution >= 0.6 is 0 Å². The zero-order valence-electron chi connectivity index (χ0n) is 6.88. The maximum absolute atomic E-state index is 3.48. The summed E-state index contributed by atoms with van der Waals surface area (Å²) in [6.07, 6.45) is 7.20. The van der Waals surface area contributed by atoms with Gasteiger partial charge < -0.3 is 15.5 Å². The minimum atomic E-state index is 0.484. The summed E-state index contributed by atoms with van der Waals surface area (Å²) >= 11 is 0. The Balaban J connectivity index is 1.94. The third-order valence-corrected chi connectivity index (χ3v) is 2.49. The van der Waals surface area contributed by atoms with Crippen LogP contribution in [0.15, 0.2) is 12.4 Å². The summed E-state index contributed by atoms with van der Waals surface area (Å²) < 4.78 is 0. The molecule has 1 fully saturated rings. The molecule has 0 aromatic heterocycles. The van der Waals surface area contributed by atoms with Crippen LogP contribution in [0, 0.1) is 0 Å². The molecule has 3 heteroatoms. The van der Waals surface area contributed by atoms with Gasteiger partial charge >= 0.3 is 0 Å². The maximum Gasteiger partial charge on any atom is 0.114 e. The van der Waals surface area contributed by atoms with E-state index in [9.17, 15) is 0 Å². The Kier molecular flexibility index (Phi) is 1.74. The van der Waals surface area contributed by atoms with Crippen molar-refractivity contribution < 1.29 is 0 Å².